The van der Waals surface area contributed by atoms with Crippen molar-refractivity contribution >= 4 is 0 Å². The zero-order valence-corrected chi connectivity index (χ0v) is 11.0. The standard InChI is InChI=1S/C15H24O/c1-5-10-15(3,4)12(2)11-13-6-8-14(16)9-7-13/h6-9,12,16H,5,10-11H2,1-4H3. The molecular weight excluding hydrogens is 196 g/mol. The van der Waals surface area contributed by atoms with Gasteiger partial charge < -0.3 is 5.11 Å². The van der Waals surface area contributed by atoms with E-state index in [1.807, 2.05) is 12.1 Å². The molecular formula is C15H24O. The van der Waals surface area contributed by atoms with E-state index in [4.69, 9.17) is 0 Å². The molecule has 1 atom stereocenters. The summed E-state index contributed by atoms with van der Waals surface area (Å²) in [4.78, 5) is 0. The van der Waals surface area contributed by atoms with Crippen LogP contribution in [0.3, 0.4) is 0 Å². The summed E-state index contributed by atoms with van der Waals surface area (Å²) in [7, 11) is 0. The largest absolute Gasteiger partial charge is 0.508 e. The van der Waals surface area contributed by atoms with Gasteiger partial charge in [-0.05, 0) is 41.9 Å². The predicted molar refractivity (Wildman–Crippen MR) is 69.7 cm³/mol. The van der Waals surface area contributed by atoms with E-state index in [0.717, 1.165) is 6.42 Å². The van der Waals surface area contributed by atoms with Gasteiger partial charge >= 0.3 is 0 Å². The SMILES string of the molecule is CCCC(C)(C)C(C)Cc1ccc(O)cc1. The van der Waals surface area contributed by atoms with Crippen molar-refractivity contribution in [3.63, 3.8) is 0 Å². The summed E-state index contributed by atoms with van der Waals surface area (Å²) < 4.78 is 0. The first-order valence-electron chi connectivity index (χ1n) is 6.23. The third kappa shape index (κ3) is 3.55. The maximum atomic E-state index is 9.23. The van der Waals surface area contributed by atoms with Gasteiger partial charge in [-0.1, -0.05) is 46.2 Å². The quantitative estimate of drug-likeness (QED) is 0.780. The first-order chi connectivity index (χ1) is 7.45. The number of phenolic OH excluding ortho intramolecular Hbond substituents is 1. The molecule has 0 aliphatic rings. The minimum atomic E-state index is 0.351. The van der Waals surface area contributed by atoms with Gasteiger partial charge in [0.15, 0.2) is 0 Å². The van der Waals surface area contributed by atoms with Crippen LogP contribution >= 0.6 is 0 Å². The molecule has 1 aromatic carbocycles. The Morgan fingerprint density at radius 1 is 1.19 bits per heavy atom. The van der Waals surface area contributed by atoms with Gasteiger partial charge in [0.2, 0.25) is 0 Å². The number of hydrogen-bond acceptors (Lipinski definition) is 1. The van der Waals surface area contributed by atoms with Crippen LogP contribution in [-0.4, -0.2) is 5.11 Å². The Morgan fingerprint density at radius 2 is 1.75 bits per heavy atom. The average molecular weight is 220 g/mol. The van der Waals surface area contributed by atoms with E-state index in [1.165, 1.54) is 18.4 Å². The molecule has 1 N–H and O–H groups in total. The van der Waals surface area contributed by atoms with E-state index < -0.39 is 0 Å². The van der Waals surface area contributed by atoms with Crippen molar-refractivity contribution < 1.29 is 5.11 Å². The van der Waals surface area contributed by atoms with Crippen molar-refractivity contribution in [2.75, 3.05) is 0 Å². The molecule has 0 saturated heterocycles. The maximum absolute atomic E-state index is 9.23. The van der Waals surface area contributed by atoms with E-state index >= 15 is 0 Å². The van der Waals surface area contributed by atoms with E-state index in [1.54, 1.807) is 12.1 Å². The van der Waals surface area contributed by atoms with E-state index in [0.29, 0.717) is 17.1 Å². The highest BCUT2D eigenvalue weighted by atomic mass is 16.3. The van der Waals surface area contributed by atoms with Crippen molar-refractivity contribution in [1.29, 1.82) is 0 Å². The Bertz CT molecular complexity index is 311. The lowest BCUT2D eigenvalue weighted by atomic mass is 9.74. The van der Waals surface area contributed by atoms with Gasteiger partial charge in [0.05, 0.1) is 0 Å². The predicted octanol–water partition coefficient (Wildman–Crippen LogP) is 4.40. The molecule has 16 heavy (non-hydrogen) atoms. The molecule has 0 amide bonds. The van der Waals surface area contributed by atoms with Crippen molar-refractivity contribution in [2.24, 2.45) is 11.3 Å². The van der Waals surface area contributed by atoms with Crippen molar-refractivity contribution in [3.8, 4) is 5.75 Å². The Kier molecular flexibility index (Phi) is 4.40. The summed E-state index contributed by atoms with van der Waals surface area (Å²) in [6.07, 6.45) is 3.60. The summed E-state index contributed by atoms with van der Waals surface area (Å²) in [5, 5.41) is 9.23. The highest BCUT2D eigenvalue weighted by Gasteiger charge is 2.24. The molecule has 0 saturated carbocycles. The Hall–Kier alpha value is -0.980. The number of aromatic hydroxyl groups is 1. The second-order valence-electron chi connectivity index (χ2n) is 5.51. The Balaban J connectivity index is 2.63. The van der Waals surface area contributed by atoms with Crippen LogP contribution < -0.4 is 0 Å². The molecule has 1 aromatic rings. The lowest BCUT2D eigenvalue weighted by Crippen LogP contribution is -2.23. The lowest BCUT2D eigenvalue weighted by molar-refractivity contribution is 0.208. The first kappa shape index (κ1) is 13.1. The van der Waals surface area contributed by atoms with Gasteiger partial charge in [0, 0.05) is 0 Å². The minimum absolute atomic E-state index is 0.351. The zero-order valence-electron chi connectivity index (χ0n) is 11.0. The first-order valence-corrected chi connectivity index (χ1v) is 6.23. The Morgan fingerprint density at radius 3 is 2.25 bits per heavy atom. The van der Waals surface area contributed by atoms with Gasteiger partial charge in [0.25, 0.3) is 0 Å². The van der Waals surface area contributed by atoms with Crippen LogP contribution in [0.15, 0.2) is 24.3 Å². The number of benzene rings is 1. The fourth-order valence-corrected chi connectivity index (χ4v) is 2.15. The lowest BCUT2D eigenvalue weighted by Gasteiger charge is -2.31. The van der Waals surface area contributed by atoms with Gasteiger partial charge in [-0.25, -0.2) is 0 Å². The highest BCUT2D eigenvalue weighted by molar-refractivity contribution is 5.26. The average Bonchev–Trinajstić information content (AvgIpc) is 2.21. The molecule has 0 spiro atoms. The van der Waals surface area contributed by atoms with Crippen LogP contribution in [0.5, 0.6) is 5.75 Å². The number of rotatable bonds is 5. The van der Waals surface area contributed by atoms with Crippen LogP contribution in [0.25, 0.3) is 0 Å². The van der Waals surface area contributed by atoms with Gasteiger partial charge in [0.1, 0.15) is 5.75 Å². The van der Waals surface area contributed by atoms with E-state index in [2.05, 4.69) is 27.7 Å². The third-order valence-corrected chi connectivity index (χ3v) is 3.71. The van der Waals surface area contributed by atoms with Crippen molar-refractivity contribution in [1.82, 2.24) is 0 Å². The zero-order chi connectivity index (χ0) is 12.2. The molecule has 1 rings (SSSR count). The molecule has 90 valence electrons. The summed E-state index contributed by atoms with van der Waals surface area (Å²) >= 11 is 0. The fourth-order valence-electron chi connectivity index (χ4n) is 2.15. The third-order valence-electron chi connectivity index (χ3n) is 3.71. The van der Waals surface area contributed by atoms with E-state index in [-0.39, 0.29) is 0 Å². The molecule has 1 unspecified atom stereocenters. The monoisotopic (exact) mass is 220 g/mol. The van der Waals surface area contributed by atoms with Crippen LogP contribution in [-0.2, 0) is 6.42 Å². The molecule has 0 aromatic heterocycles. The Labute approximate surface area is 99.5 Å². The van der Waals surface area contributed by atoms with Crippen LogP contribution in [0.2, 0.25) is 0 Å². The van der Waals surface area contributed by atoms with Crippen LogP contribution in [0.1, 0.15) is 46.1 Å². The van der Waals surface area contributed by atoms with E-state index in [9.17, 15) is 5.11 Å². The second kappa shape index (κ2) is 5.38. The number of hydrogen-bond donors (Lipinski definition) is 1. The van der Waals surface area contributed by atoms with Gasteiger partial charge in [-0.15, -0.1) is 0 Å². The van der Waals surface area contributed by atoms with Gasteiger partial charge in [-0.2, -0.15) is 0 Å². The highest BCUT2D eigenvalue weighted by Crippen LogP contribution is 2.34. The summed E-state index contributed by atoms with van der Waals surface area (Å²) in [5.41, 5.74) is 1.71. The molecule has 0 heterocycles. The normalized spacial score (nSPS) is 13.8. The minimum Gasteiger partial charge on any atom is -0.508 e. The molecule has 0 aliphatic heterocycles. The van der Waals surface area contributed by atoms with Crippen LogP contribution in [0.4, 0.5) is 0 Å². The molecule has 0 bridgehead atoms. The molecule has 0 radical (unpaired) electrons. The second-order valence-corrected chi connectivity index (χ2v) is 5.51. The summed E-state index contributed by atoms with van der Waals surface area (Å²) in [6, 6.07) is 7.59. The smallest absolute Gasteiger partial charge is 0.115 e. The van der Waals surface area contributed by atoms with Crippen molar-refractivity contribution in [3.05, 3.63) is 29.8 Å². The summed E-state index contributed by atoms with van der Waals surface area (Å²) in [5.74, 6) is 1.02. The molecule has 0 aliphatic carbocycles. The number of phenols is 1. The topological polar surface area (TPSA) is 20.2 Å². The summed E-state index contributed by atoms with van der Waals surface area (Å²) in [6.45, 7) is 9.26. The van der Waals surface area contributed by atoms with Crippen molar-refractivity contribution in [2.45, 2.75) is 47.0 Å². The van der Waals surface area contributed by atoms with Gasteiger partial charge in [-0.3, -0.25) is 0 Å². The molecule has 1 heteroatoms. The fraction of sp³-hybridized carbons (Fsp3) is 0.600. The molecule has 1 nitrogen and oxygen atoms in total. The van der Waals surface area contributed by atoms with Crippen LogP contribution in [0, 0.1) is 11.3 Å². The maximum Gasteiger partial charge on any atom is 0.115 e. The molecule has 0 fully saturated rings.